The molecular formula is C12H16O7S. The van der Waals surface area contributed by atoms with Crippen LogP contribution in [0.1, 0.15) is 20.8 Å². The van der Waals surface area contributed by atoms with Gasteiger partial charge in [-0.3, -0.25) is 14.4 Å². The maximum atomic E-state index is 11.3. The zero-order valence-electron chi connectivity index (χ0n) is 11.4. The average Bonchev–Trinajstić information content (AvgIpc) is 2.74. The third kappa shape index (κ3) is 3.24. The monoisotopic (exact) mass is 304 g/mol. The molecule has 0 amide bonds. The Morgan fingerprint density at radius 2 is 1.40 bits per heavy atom. The largest absolute Gasteiger partial charge is 0.456 e. The van der Waals surface area contributed by atoms with Crippen molar-refractivity contribution in [1.29, 1.82) is 0 Å². The summed E-state index contributed by atoms with van der Waals surface area (Å²) >= 11 is 1.44. The van der Waals surface area contributed by atoms with Gasteiger partial charge in [0, 0.05) is 26.5 Å². The molecule has 7 nitrogen and oxygen atoms in total. The summed E-state index contributed by atoms with van der Waals surface area (Å²) in [5, 5.41) is 0. The Labute approximate surface area is 120 Å². The minimum atomic E-state index is -0.848. The molecule has 2 fully saturated rings. The number of thioether (sulfide) groups is 1. The Hall–Kier alpha value is -1.28. The van der Waals surface area contributed by atoms with E-state index in [1.165, 1.54) is 32.5 Å². The fourth-order valence-electron chi connectivity index (χ4n) is 2.31. The number of hydrogen-bond acceptors (Lipinski definition) is 8. The summed E-state index contributed by atoms with van der Waals surface area (Å²) in [4.78, 5) is 33.7. The first-order chi connectivity index (χ1) is 9.38. The molecule has 20 heavy (non-hydrogen) atoms. The van der Waals surface area contributed by atoms with Gasteiger partial charge in [0.25, 0.3) is 0 Å². The molecule has 2 heterocycles. The highest BCUT2D eigenvalue weighted by Gasteiger charge is 2.55. The van der Waals surface area contributed by atoms with Crippen molar-refractivity contribution in [3.8, 4) is 0 Å². The fourth-order valence-corrected chi connectivity index (χ4v) is 3.58. The Balaban J connectivity index is 2.24. The van der Waals surface area contributed by atoms with Crippen LogP contribution in [0.4, 0.5) is 0 Å². The summed E-state index contributed by atoms with van der Waals surface area (Å²) in [6, 6.07) is 0. The molecule has 0 radical (unpaired) electrons. The zero-order chi connectivity index (χ0) is 14.9. The van der Waals surface area contributed by atoms with Gasteiger partial charge in [0.05, 0.1) is 0 Å². The standard InChI is InChI=1S/C12H16O7S/c1-5(13)16-9-8-4-20-12(19-8)11(18-7(3)15)10(9)17-6(2)14/h8-12H,4H2,1-3H3/t8-,9-,10+,11-,12+/m1/s1. The van der Waals surface area contributed by atoms with Gasteiger partial charge < -0.3 is 18.9 Å². The number of esters is 3. The quantitative estimate of drug-likeness (QED) is 0.542. The van der Waals surface area contributed by atoms with Crippen LogP contribution >= 0.6 is 11.8 Å². The van der Waals surface area contributed by atoms with Crippen LogP contribution in [0.15, 0.2) is 0 Å². The van der Waals surface area contributed by atoms with Crippen molar-refractivity contribution in [2.24, 2.45) is 0 Å². The van der Waals surface area contributed by atoms with Crippen LogP contribution in [-0.2, 0) is 33.3 Å². The predicted molar refractivity (Wildman–Crippen MR) is 67.8 cm³/mol. The van der Waals surface area contributed by atoms with E-state index in [9.17, 15) is 14.4 Å². The molecule has 5 atom stereocenters. The minimum Gasteiger partial charge on any atom is -0.456 e. The summed E-state index contributed by atoms with van der Waals surface area (Å²) in [6.45, 7) is 3.78. The number of carbonyl (C=O) groups is 3. The third-order valence-electron chi connectivity index (χ3n) is 2.92. The molecule has 0 aromatic rings. The molecule has 2 bridgehead atoms. The van der Waals surface area contributed by atoms with Crippen molar-refractivity contribution in [3.05, 3.63) is 0 Å². The number of rotatable bonds is 3. The van der Waals surface area contributed by atoms with Crippen LogP contribution in [0.3, 0.4) is 0 Å². The first kappa shape index (κ1) is 15.1. The smallest absolute Gasteiger partial charge is 0.303 e. The highest BCUT2D eigenvalue weighted by atomic mass is 32.2. The Kier molecular flexibility index (Phi) is 4.54. The van der Waals surface area contributed by atoms with E-state index in [1.54, 1.807) is 0 Å². The lowest BCUT2D eigenvalue weighted by Crippen LogP contribution is -2.57. The van der Waals surface area contributed by atoms with Crippen LogP contribution in [0.5, 0.6) is 0 Å². The van der Waals surface area contributed by atoms with Crippen molar-refractivity contribution in [1.82, 2.24) is 0 Å². The molecule has 0 spiro atoms. The van der Waals surface area contributed by atoms with Gasteiger partial charge in [0.15, 0.2) is 18.3 Å². The van der Waals surface area contributed by atoms with Crippen molar-refractivity contribution in [2.45, 2.75) is 50.6 Å². The lowest BCUT2D eigenvalue weighted by Gasteiger charge is -2.39. The predicted octanol–water partition coefficient (Wildman–Crippen LogP) is 0.253. The molecule has 112 valence electrons. The summed E-state index contributed by atoms with van der Waals surface area (Å²) in [5.74, 6) is -0.968. The molecule has 0 aliphatic carbocycles. The van der Waals surface area contributed by atoms with E-state index in [0.717, 1.165) is 0 Å². The second kappa shape index (κ2) is 6.01. The highest BCUT2D eigenvalue weighted by Crippen LogP contribution is 2.40. The molecular weight excluding hydrogens is 288 g/mol. The zero-order valence-corrected chi connectivity index (χ0v) is 12.2. The average molecular weight is 304 g/mol. The van der Waals surface area contributed by atoms with Gasteiger partial charge in [-0.1, -0.05) is 0 Å². The molecule has 2 aliphatic heterocycles. The molecule has 2 aliphatic rings. The van der Waals surface area contributed by atoms with Gasteiger partial charge in [-0.25, -0.2) is 0 Å². The van der Waals surface area contributed by atoms with Gasteiger partial charge in [0.1, 0.15) is 11.5 Å². The summed E-state index contributed by atoms with van der Waals surface area (Å²) in [6.07, 6.45) is -2.78. The van der Waals surface area contributed by atoms with E-state index in [-0.39, 0.29) is 6.10 Å². The molecule has 0 unspecified atom stereocenters. The maximum absolute atomic E-state index is 11.3. The van der Waals surface area contributed by atoms with E-state index in [2.05, 4.69) is 0 Å². The lowest BCUT2D eigenvalue weighted by atomic mass is 10.0. The summed E-state index contributed by atoms with van der Waals surface area (Å²) < 4.78 is 21.3. The molecule has 0 saturated carbocycles. The minimum absolute atomic E-state index is 0.370. The first-order valence-corrected chi connectivity index (χ1v) is 7.22. The molecule has 0 N–H and O–H groups in total. The molecule has 8 heteroatoms. The van der Waals surface area contributed by atoms with Crippen LogP contribution < -0.4 is 0 Å². The van der Waals surface area contributed by atoms with Crippen molar-refractivity contribution in [2.75, 3.05) is 5.75 Å². The third-order valence-corrected chi connectivity index (χ3v) is 4.15. The number of ether oxygens (including phenoxy) is 4. The Morgan fingerprint density at radius 1 is 0.900 bits per heavy atom. The lowest BCUT2D eigenvalue weighted by molar-refractivity contribution is -0.224. The van der Waals surface area contributed by atoms with Crippen molar-refractivity contribution in [3.63, 3.8) is 0 Å². The molecule has 0 aromatic carbocycles. The number of carbonyl (C=O) groups excluding carboxylic acids is 3. The topological polar surface area (TPSA) is 88.1 Å². The number of hydrogen-bond donors (Lipinski definition) is 0. The van der Waals surface area contributed by atoms with Crippen LogP contribution in [-0.4, -0.2) is 53.5 Å². The second-order valence-corrected chi connectivity index (χ2v) is 5.73. The molecule has 0 aromatic heterocycles. The maximum Gasteiger partial charge on any atom is 0.303 e. The SMILES string of the molecule is CC(=O)O[C@@H]1[C@@H](OC(C)=O)[C@H]2O[C@H](CS2)[C@H]1OC(C)=O. The van der Waals surface area contributed by atoms with E-state index in [1.807, 2.05) is 0 Å². The van der Waals surface area contributed by atoms with Gasteiger partial charge in [0.2, 0.25) is 0 Å². The van der Waals surface area contributed by atoms with E-state index in [4.69, 9.17) is 18.9 Å². The van der Waals surface area contributed by atoms with Crippen molar-refractivity contribution >= 4 is 29.7 Å². The Morgan fingerprint density at radius 3 is 1.95 bits per heavy atom. The van der Waals surface area contributed by atoms with Crippen LogP contribution in [0, 0.1) is 0 Å². The van der Waals surface area contributed by atoms with Gasteiger partial charge >= 0.3 is 17.9 Å². The Bertz CT molecular complexity index is 394. The summed E-state index contributed by atoms with van der Waals surface area (Å²) in [5.41, 5.74) is -0.417. The first-order valence-electron chi connectivity index (χ1n) is 6.17. The normalized spacial score (nSPS) is 35.2. The number of fused-ring (bicyclic) bond motifs is 2. The van der Waals surface area contributed by atoms with Gasteiger partial charge in [-0.05, 0) is 0 Å². The fraction of sp³-hybridized carbons (Fsp3) is 0.750. The van der Waals surface area contributed by atoms with Crippen LogP contribution in [0.2, 0.25) is 0 Å². The van der Waals surface area contributed by atoms with Crippen molar-refractivity contribution < 1.29 is 33.3 Å². The molecule has 2 rings (SSSR count). The van der Waals surface area contributed by atoms with Gasteiger partial charge in [-0.15, -0.1) is 11.8 Å². The summed E-state index contributed by atoms with van der Waals surface area (Å²) in [7, 11) is 0. The van der Waals surface area contributed by atoms with Gasteiger partial charge in [-0.2, -0.15) is 0 Å². The highest BCUT2D eigenvalue weighted by molar-refractivity contribution is 8.00. The van der Waals surface area contributed by atoms with Crippen LogP contribution in [0.25, 0.3) is 0 Å². The van der Waals surface area contributed by atoms with E-state index < -0.39 is 41.7 Å². The molecule has 2 saturated heterocycles. The second-order valence-electron chi connectivity index (χ2n) is 4.60. The van der Waals surface area contributed by atoms with E-state index >= 15 is 0 Å². The van der Waals surface area contributed by atoms with E-state index in [0.29, 0.717) is 5.75 Å².